The topological polar surface area (TPSA) is 51.0 Å². The van der Waals surface area contributed by atoms with Gasteiger partial charge in [-0.15, -0.1) is 11.3 Å². The smallest absolute Gasteiger partial charge is 0.228 e. The lowest BCUT2D eigenvalue weighted by molar-refractivity contribution is -0.129. The molecule has 0 spiro atoms. The van der Waals surface area contributed by atoms with Crippen molar-refractivity contribution in [1.82, 2.24) is 19.7 Å². The van der Waals surface area contributed by atoms with E-state index in [1.165, 1.54) is 0 Å². The largest absolute Gasteiger partial charge is 0.341 e. The number of likely N-dealkylation sites (N-methyl/N-ethyl adjacent to an activating group) is 1. The van der Waals surface area contributed by atoms with Gasteiger partial charge in [0.25, 0.3) is 0 Å². The van der Waals surface area contributed by atoms with Gasteiger partial charge in [-0.1, -0.05) is 30.3 Å². The van der Waals surface area contributed by atoms with Crippen LogP contribution in [0, 0.1) is 0 Å². The highest BCUT2D eigenvalue weighted by Gasteiger charge is 2.13. The second-order valence-corrected chi connectivity index (χ2v) is 6.32. The van der Waals surface area contributed by atoms with Crippen molar-refractivity contribution >= 4 is 17.2 Å². The average molecular weight is 326 g/mol. The van der Waals surface area contributed by atoms with Crippen LogP contribution in [-0.2, 0) is 24.8 Å². The van der Waals surface area contributed by atoms with Crippen LogP contribution in [0.3, 0.4) is 0 Å². The van der Waals surface area contributed by atoms with Gasteiger partial charge in [0, 0.05) is 43.3 Å². The Morgan fingerprint density at radius 3 is 2.78 bits per heavy atom. The van der Waals surface area contributed by atoms with Crippen LogP contribution in [-0.4, -0.2) is 32.6 Å². The summed E-state index contributed by atoms with van der Waals surface area (Å²) in [6.07, 6.45) is 4.01. The molecule has 0 atom stereocenters. The van der Waals surface area contributed by atoms with Crippen molar-refractivity contribution in [2.75, 3.05) is 7.05 Å². The molecule has 0 fully saturated rings. The minimum absolute atomic E-state index is 0.0544. The predicted molar refractivity (Wildman–Crippen MR) is 90.9 cm³/mol. The predicted octanol–water partition coefficient (Wildman–Crippen LogP) is 2.74. The van der Waals surface area contributed by atoms with Crippen LogP contribution in [0.25, 0.3) is 10.6 Å². The van der Waals surface area contributed by atoms with Crippen molar-refractivity contribution < 1.29 is 4.79 Å². The first-order chi connectivity index (χ1) is 11.1. The van der Waals surface area contributed by atoms with E-state index in [4.69, 9.17) is 0 Å². The lowest BCUT2D eigenvalue weighted by Crippen LogP contribution is -2.27. The fourth-order valence-corrected chi connectivity index (χ4v) is 3.13. The summed E-state index contributed by atoms with van der Waals surface area (Å²) in [6, 6.07) is 10.0. The fourth-order valence-electron chi connectivity index (χ4n) is 2.31. The summed E-state index contributed by atoms with van der Waals surface area (Å²) < 4.78 is 1.74. The van der Waals surface area contributed by atoms with Gasteiger partial charge < -0.3 is 4.90 Å². The first-order valence-corrected chi connectivity index (χ1v) is 8.21. The second kappa shape index (κ2) is 6.75. The Kier molecular flexibility index (Phi) is 4.52. The summed E-state index contributed by atoms with van der Waals surface area (Å²) in [4.78, 5) is 18.6. The molecule has 0 unspecified atom stereocenters. The molecule has 0 radical (unpaired) electrons. The summed E-state index contributed by atoms with van der Waals surface area (Å²) in [7, 11) is 3.67. The Morgan fingerprint density at radius 2 is 2.09 bits per heavy atom. The molecule has 0 aliphatic rings. The lowest BCUT2D eigenvalue weighted by atomic mass is 10.2. The average Bonchev–Trinajstić information content (AvgIpc) is 3.17. The zero-order chi connectivity index (χ0) is 16.2. The Labute approximate surface area is 139 Å². The molecule has 2 heterocycles. The van der Waals surface area contributed by atoms with Gasteiger partial charge in [0.15, 0.2) is 0 Å². The maximum Gasteiger partial charge on any atom is 0.228 e. The third-order valence-electron chi connectivity index (χ3n) is 3.51. The van der Waals surface area contributed by atoms with Gasteiger partial charge in [0.1, 0.15) is 5.01 Å². The molecular weight excluding hydrogens is 308 g/mol. The van der Waals surface area contributed by atoms with Crippen LogP contribution >= 0.6 is 11.3 Å². The highest BCUT2D eigenvalue weighted by molar-refractivity contribution is 7.13. The molecule has 23 heavy (non-hydrogen) atoms. The van der Waals surface area contributed by atoms with Crippen LogP contribution in [0.1, 0.15) is 11.3 Å². The highest BCUT2D eigenvalue weighted by atomic mass is 32.1. The minimum Gasteiger partial charge on any atom is -0.341 e. The number of amides is 1. The molecule has 1 aromatic carbocycles. The van der Waals surface area contributed by atoms with E-state index in [0.717, 1.165) is 21.8 Å². The van der Waals surface area contributed by atoms with Gasteiger partial charge in [0.2, 0.25) is 5.91 Å². The molecule has 5 nitrogen and oxygen atoms in total. The van der Waals surface area contributed by atoms with Crippen LogP contribution in [0.4, 0.5) is 0 Å². The number of benzene rings is 1. The molecule has 0 saturated heterocycles. The van der Waals surface area contributed by atoms with E-state index in [9.17, 15) is 4.79 Å². The third-order valence-corrected chi connectivity index (χ3v) is 4.45. The molecule has 2 aromatic heterocycles. The number of thiazole rings is 1. The highest BCUT2D eigenvalue weighted by Crippen LogP contribution is 2.23. The van der Waals surface area contributed by atoms with Gasteiger partial charge in [0.05, 0.1) is 18.3 Å². The zero-order valence-electron chi connectivity index (χ0n) is 13.1. The molecular formula is C17H18N4OS. The van der Waals surface area contributed by atoms with E-state index in [1.54, 1.807) is 34.2 Å². The molecule has 0 bridgehead atoms. The molecule has 3 aromatic rings. The number of nitrogens with zero attached hydrogens (tertiary/aromatic N) is 4. The zero-order valence-corrected chi connectivity index (χ0v) is 14.0. The van der Waals surface area contributed by atoms with Gasteiger partial charge in [-0.25, -0.2) is 4.98 Å². The number of carbonyl (C=O) groups is 1. The Morgan fingerprint density at radius 1 is 1.30 bits per heavy atom. The van der Waals surface area contributed by atoms with Gasteiger partial charge in [-0.2, -0.15) is 5.10 Å². The van der Waals surface area contributed by atoms with Crippen molar-refractivity contribution in [2.45, 2.75) is 13.0 Å². The molecule has 1 amide bonds. The Balaban J connectivity index is 1.63. The van der Waals surface area contributed by atoms with E-state index in [2.05, 4.69) is 10.1 Å². The van der Waals surface area contributed by atoms with Crippen molar-refractivity contribution in [3.8, 4) is 10.6 Å². The third kappa shape index (κ3) is 3.84. The summed E-state index contributed by atoms with van der Waals surface area (Å²) in [6.45, 7) is 0.558. The summed E-state index contributed by atoms with van der Waals surface area (Å²) in [5.74, 6) is 0.0544. The number of aromatic nitrogens is 3. The quantitative estimate of drug-likeness (QED) is 0.724. The summed E-state index contributed by atoms with van der Waals surface area (Å²) in [5, 5.41) is 7.02. The number of hydrogen-bond acceptors (Lipinski definition) is 4. The number of hydrogen-bond donors (Lipinski definition) is 0. The normalized spacial score (nSPS) is 10.7. The number of carbonyl (C=O) groups excluding carboxylic acids is 1. The van der Waals surface area contributed by atoms with E-state index < -0.39 is 0 Å². The molecule has 0 saturated carbocycles. The molecule has 3 rings (SSSR count). The number of rotatable bonds is 5. The van der Waals surface area contributed by atoms with Crippen LogP contribution in [0.15, 0.2) is 48.1 Å². The maximum atomic E-state index is 12.3. The molecule has 118 valence electrons. The van der Waals surface area contributed by atoms with Gasteiger partial charge >= 0.3 is 0 Å². The van der Waals surface area contributed by atoms with Crippen LogP contribution in [0.5, 0.6) is 0 Å². The van der Waals surface area contributed by atoms with Crippen molar-refractivity contribution in [3.05, 3.63) is 59.4 Å². The van der Waals surface area contributed by atoms with Gasteiger partial charge in [-0.3, -0.25) is 9.48 Å². The van der Waals surface area contributed by atoms with Crippen molar-refractivity contribution in [3.63, 3.8) is 0 Å². The van der Waals surface area contributed by atoms with Crippen molar-refractivity contribution in [1.29, 1.82) is 0 Å². The van der Waals surface area contributed by atoms with Crippen LogP contribution in [0.2, 0.25) is 0 Å². The first-order valence-electron chi connectivity index (χ1n) is 7.33. The van der Waals surface area contributed by atoms with E-state index in [0.29, 0.717) is 13.0 Å². The second-order valence-electron chi connectivity index (χ2n) is 5.46. The fraction of sp³-hybridized carbons (Fsp3) is 0.235. The first kappa shape index (κ1) is 15.4. The molecule has 0 aliphatic heterocycles. The summed E-state index contributed by atoms with van der Waals surface area (Å²) in [5.41, 5.74) is 2.92. The standard InChI is InChI=1S/C17H18N4OS/c1-20(10-13-9-18-21(2)11-13)16(22)8-15-12-23-17(19-15)14-6-4-3-5-7-14/h3-7,9,11-12H,8,10H2,1-2H3. The van der Waals surface area contributed by atoms with Crippen LogP contribution < -0.4 is 0 Å². The van der Waals surface area contributed by atoms with E-state index in [1.807, 2.05) is 49.0 Å². The van der Waals surface area contributed by atoms with E-state index in [-0.39, 0.29) is 5.91 Å². The summed E-state index contributed by atoms with van der Waals surface area (Å²) >= 11 is 1.57. The SMILES string of the molecule is CN(Cc1cnn(C)c1)C(=O)Cc1csc(-c2ccccc2)n1. The molecule has 0 N–H and O–H groups in total. The lowest BCUT2D eigenvalue weighted by Gasteiger charge is -2.15. The number of aryl methyl sites for hydroxylation is 1. The van der Waals surface area contributed by atoms with Crippen molar-refractivity contribution in [2.24, 2.45) is 7.05 Å². The van der Waals surface area contributed by atoms with Gasteiger partial charge in [-0.05, 0) is 0 Å². The van der Waals surface area contributed by atoms with E-state index >= 15 is 0 Å². The monoisotopic (exact) mass is 326 g/mol. The molecule has 6 heteroatoms. The minimum atomic E-state index is 0.0544. The Bertz CT molecular complexity index is 794. The Hall–Kier alpha value is -2.47. The maximum absolute atomic E-state index is 12.3. The molecule has 0 aliphatic carbocycles.